The fourth-order valence-corrected chi connectivity index (χ4v) is 3.96. The number of hydrazone groups is 1. The van der Waals surface area contributed by atoms with Crippen molar-refractivity contribution in [2.24, 2.45) is 5.10 Å². The maximum Gasteiger partial charge on any atom is 0.271 e. The predicted octanol–water partition coefficient (Wildman–Crippen LogP) is 3.66. The molecule has 2 aromatic carbocycles. The summed E-state index contributed by atoms with van der Waals surface area (Å²) >= 11 is 1.39. The molecule has 0 aliphatic rings. The molecule has 4 aromatic rings. The normalized spacial score (nSPS) is 11.0. The molecular formula is C23H17N5O4S. The molecular weight excluding hydrogens is 442 g/mol. The van der Waals surface area contributed by atoms with Crippen LogP contribution in [0.1, 0.15) is 21.5 Å². The first-order valence-electron chi connectivity index (χ1n) is 9.79. The molecule has 0 aliphatic carbocycles. The molecule has 0 unspecified atom stereocenters. The lowest BCUT2D eigenvalue weighted by Crippen LogP contribution is -2.23. The van der Waals surface area contributed by atoms with Gasteiger partial charge in [-0.1, -0.05) is 42.5 Å². The van der Waals surface area contributed by atoms with E-state index in [9.17, 15) is 19.7 Å². The van der Waals surface area contributed by atoms with Crippen LogP contribution in [0, 0.1) is 10.1 Å². The highest BCUT2D eigenvalue weighted by atomic mass is 32.2. The smallest absolute Gasteiger partial charge is 0.268 e. The van der Waals surface area contributed by atoms with Gasteiger partial charge in [-0.3, -0.25) is 24.1 Å². The highest BCUT2D eigenvalue weighted by Crippen LogP contribution is 2.23. The number of benzene rings is 2. The number of non-ortho nitro benzene ring substituents is 1. The summed E-state index contributed by atoms with van der Waals surface area (Å²) < 4.78 is 1.40. The van der Waals surface area contributed by atoms with Gasteiger partial charge in [-0.25, -0.2) is 10.4 Å². The molecule has 0 saturated carbocycles. The third kappa shape index (κ3) is 5.13. The van der Waals surface area contributed by atoms with Crippen molar-refractivity contribution in [2.75, 3.05) is 0 Å². The molecule has 0 radical (unpaired) electrons. The number of rotatable bonds is 7. The van der Waals surface area contributed by atoms with E-state index >= 15 is 0 Å². The third-order valence-electron chi connectivity index (χ3n) is 4.63. The largest absolute Gasteiger partial charge is 0.271 e. The van der Waals surface area contributed by atoms with Crippen molar-refractivity contribution in [3.8, 4) is 0 Å². The van der Waals surface area contributed by atoms with Crippen LogP contribution in [0.2, 0.25) is 0 Å². The number of carbonyl (C=O) groups is 1. The van der Waals surface area contributed by atoms with Crippen LogP contribution in [0.5, 0.6) is 0 Å². The summed E-state index contributed by atoms with van der Waals surface area (Å²) in [6.07, 6.45) is 2.85. The fourth-order valence-electron chi connectivity index (χ4n) is 3.01. The van der Waals surface area contributed by atoms with Gasteiger partial charge in [0.1, 0.15) is 10.7 Å². The molecule has 0 saturated heterocycles. The van der Waals surface area contributed by atoms with E-state index in [1.54, 1.807) is 24.4 Å². The SMILES string of the molecule is O=C(N/N=C/c1c(SCc2ccccc2)nc2ccccn2c1=O)c1cccc([N+](=O)[O-])c1. The van der Waals surface area contributed by atoms with Crippen LogP contribution in [-0.4, -0.2) is 26.4 Å². The van der Waals surface area contributed by atoms with Gasteiger partial charge in [0.05, 0.1) is 16.7 Å². The molecule has 0 atom stereocenters. The molecule has 10 heteroatoms. The van der Waals surface area contributed by atoms with Crippen molar-refractivity contribution in [3.05, 3.63) is 116 Å². The second-order valence-corrected chi connectivity index (χ2v) is 7.81. The molecule has 4 rings (SSSR count). The number of aromatic nitrogens is 2. The lowest BCUT2D eigenvalue weighted by molar-refractivity contribution is -0.384. The first-order valence-corrected chi connectivity index (χ1v) is 10.8. The van der Waals surface area contributed by atoms with E-state index in [4.69, 9.17) is 0 Å². The number of hydrogen-bond acceptors (Lipinski definition) is 7. The van der Waals surface area contributed by atoms with Crippen LogP contribution in [-0.2, 0) is 5.75 Å². The molecule has 0 aliphatic heterocycles. The molecule has 2 heterocycles. The summed E-state index contributed by atoms with van der Waals surface area (Å²) in [5, 5.41) is 15.3. The summed E-state index contributed by atoms with van der Waals surface area (Å²) in [4.78, 5) is 40.3. The second-order valence-electron chi connectivity index (χ2n) is 6.85. The standard InChI is InChI=1S/C23H17N5O4S/c29-21(17-9-6-10-18(13-17)28(31)32)26-24-14-19-22(33-15-16-7-2-1-3-8-16)25-20-11-4-5-12-27(20)23(19)30/h1-14H,15H2,(H,26,29)/b24-14+. The Hall–Kier alpha value is -4.31. The van der Waals surface area contributed by atoms with Crippen LogP contribution < -0.4 is 11.0 Å². The van der Waals surface area contributed by atoms with Crippen LogP contribution in [0.4, 0.5) is 5.69 Å². The molecule has 1 N–H and O–H groups in total. The molecule has 0 spiro atoms. The van der Waals surface area contributed by atoms with Gasteiger partial charge in [0.25, 0.3) is 17.2 Å². The number of nitro benzene ring substituents is 1. The monoisotopic (exact) mass is 459 g/mol. The fraction of sp³-hybridized carbons (Fsp3) is 0.0435. The number of nitrogens with zero attached hydrogens (tertiary/aromatic N) is 4. The summed E-state index contributed by atoms with van der Waals surface area (Å²) in [5.41, 5.74) is 3.64. The van der Waals surface area contributed by atoms with E-state index in [0.29, 0.717) is 16.4 Å². The molecule has 0 fully saturated rings. The molecule has 1 amide bonds. The van der Waals surface area contributed by atoms with Gasteiger partial charge in [0.15, 0.2) is 0 Å². The van der Waals surface area contributed by atoms with Gasteiger partial charge in [0.2, 0.25) is 0 Å². The van der Waals surface area contributed by atoms with Crippen LogP contribution in [0.25, 0.3) is 5.65 Å². The zero-order valence-electron chi connectivity index (χ0n) is 17.1. The average Bonchev–Trinajstić information content (AvgIpc) is 2.85. The molecule has 2 aromatic heterocycles. The Balaban J connectivity index is 1.61. The number of fused-ring (bicyclic) bond motifs is 1. The minimum Gasteiger partial charge on any atom is -0.268 e. The Morgan fingerprint density at radius 1 is 1.12 bits per heavy atom. The molecule has 164 valence electrons. The van der Waals surface area contributed by atoms with E-state index < -0.39 is 10.8 Å². The predicted molar refractivity (Wildman–Crippen MR) is 126 cm³/mol. The van der Waals surface area contributed by atoms with Crippen molar-refractivity contribution in [2.45, 2.75) is 10.8 Å². The summed E-state index contributed by atoms with van der Waals surface area (Å²) in [5.74, 6) is -0.0424. The van der Waals surface area contributed by atoms with Crippen molar-refractivity contribution < 1.29 is 9.72 Å². The van der Waals surface area contributed by atoms with Crippen LogP contribution >= 0.6 is 11.8 Å². The van der Waals surface area contributed by atoms with Gasteiger partial charge in [-0.15, -0.1) is 11.8 Å². The summed E-state index contributed by atoms with van der Waals surface area (Å²) in [6.45, 7) is 0. The zero-order chi connectivity index (χ0) is 23.2. The maximum absolute atomic E-state index is 13.1. The number of pyridine rings is 1. The van der Waals surface area contributed by atoms with Crippen LogP contribution in [0.15, 0.2) is 93.9 Å². The number of carbonyl (C=O) groups excluding carboxylic acids is 1. The minimum atomic E-state index is -0.637. The van der Waals surface area contributed by atoms with E-state index in [1.165, 1.54) is 40.6 Å². The first kappa shape index (κ1) is 21.9. The average molecular weight is 459 g/mol. The van der Waals surface area contributed by atoms with Crippen LogP contribution in [0.3, 0.4) is 0 Å². The topological polar surface area (TPSA) is 119 Å². The minimum absolute atomic E-state index is 0.0772. The lowest BCUT2D eigenvalue weighted by Gasteiger charge is -2.08. The number of thioether (sulfide) groups is 1. The van der Waals surface area contributed by atoms with Crippen molar-refractivity contribution in [1.82, 2.24) is 14.8 Å². The Morgan fingerprint density at radius 2 is 1.91 bits per heavy atom. The van der Waals surface area contributed by atoms with E-state index in [-0.39, 0.29) is 22.4 Å². The number of nitrogens with one attached hydrogen (secondary N) is 1. The van der Waals surface area contributed by atoms with E-state index in [1.807, 2.05) is 30.3 Å². The number of amides is 1. The van der Waals surface area contributed by atoms with E-state index in [0.717, 1.165) is 11.6 Å². The first-order chi connectivity index (χ1) is 16.0. The zero-order valence-corrected chi connectivity index (χ0v) is 17.9. The van der Waals surface area contributed by atoms with Crippen molar-refractivity contribution in [1.29, 1.82) is 0 Å². The number of nitro groups is 1. The lowest BCUT2D eigenvalue weighted by atomic mass is 10.2. The highest BCUT2D eigenvalue weighted by molar-refractivity contribution is 7.98. The van der Waals surface area contributed by atoms with E-state index in [2.05, 4.69) is 15.5 Å². The Kier molecular flexibility index (Phi) is 6.56. The quantitative estimate of drug-likeness (QED) is 0.148. The molecule has 33 heavy (non-hydrogen) atoms. The summed E-state index contributed by atoms with van der Waals surface area (Å²) in [6, 6.07) is 20.3. The van der Waals surface area contributed by atoms with Crippen molar-refractivity contribution in [3.63, 3.8) is 0 Å². The molecule has 9 nitrogen and oxygen atoms in total. The van der Waals surface area contributed by atoms with Gasteiger partial charge in [0, 0.05) is 29.6 Å². The van der Waals surface area contributed by atoms with Gasteiger partial charge in [-0.2, -0.15) is 5.10 Å². The Morgan fingerprint density at radius 3 is 2.70 bits per heavy atom. The highest BCUT2D eigenvalue weighted by Gasteiger charge is 2.13. The second kappa shape index (κ2) is 9.88. The van der Waals surface area contributed by atoms with Crippen molar-refractivity contribution >= 4 is 35.2 Å². The number of hydrogen-bond donors (Lipinski definition) is 1. The summed E-state index contributed by atoms with van der Waals surface area (Å²) in [7, 11) is 0. The molecule has 0 bridgehead atoms. The van der Waals surface area contributed by atoms with Gasteiger partial charge < -0.3 is 0 Å². The maximum atomic E-state index is 13.1. The Labute approximate surface area is 192 Å². The van der Waals surface area contributed by atoms with Gasteiger partial charge >= 0.3 is 0 Å². The third-order valence-corrected chi connectivity index (χ3v) is 5.69. The Bertz CT molecular complexity index is 1420. The van der Waals surface area contributed by atoms with Gasteiger partial charge in [-0.05, 0) is 23.8 Å².